The second-order valence-corrected chi connectivity index (χ2v) is 4.20. The molecule has 0 fully saturated rings. The minimum absolute atomic E-state index is 1.09. The second-order valence-electron chi connectivity index (χ2n) is 4.20. The van der Waals surface area contributed by atoms with Crippen LogP contribution < -0.4 is 0 Å². The monoisotopic (exact) mass is 206 g/mol. The number of fused-ring (bicyclic) bond motifs is 3. The number of hydrogen-bond donors (Lipinski definition) is 0. The molecule has 16 heavy (non-hydrogen) atoms. The van der Waals surface area contributed by atoms with Crippen molar-refractivity contribution in [1.29, 1.82) is 0 Å². The van der Waals surface area contributed by atoms with Crippen LogP contribution in [-0.4, -0.2) is 0 Å². The molecule has 2 aliphatic carbocycles. The van der Waals surface area contributed by atoms with Crippen molar-refractivity contribution in [3.05, 3.63) is 60.2 Å². The van der Waals surface area contributed by atoms with Crippen LogP contribution in [0.2, 0.25) is 0 Å². The molecule has 0 atom stereocenters. The van der Waals surface area contributed by atoms with Gasteiger partial charge in [0.1, 0.15) is 0 Å². The molecule has 0 aromatic heterocycles. The summed E-state index contributed by atoms with van der Waals surface area (Å²) < 4.78 is 0. The molecule has 1 aromatic rings. The van der Waals surface area contributed by atoms with Crippen molar-refractivity contribution in [2.24, 2.45) is 0 Å². The van der Waals surface area contributed by atoms with Gasteiger partial charge in [0.2, 0.25) is 0 Å². The summed E-state index contributed by atoms with van der Waals surface area (Å²) in [6, 6.07) is 19.8. The highest BCUT2D eigenvalue weighted by Crippen LogP contribution is 2.33. The predicted molar refractivity (Wildman–Crippen MR) is 69.9 cm³/mol. The molecule has 0 N–H and O–H groups in total. The summed E-state index contributed by atoms with van der Waals surface area (Å²) >= 11 is 0. The zero-order valence-corrected chi connectivity index (χ0v) is 9.40. The van der Waals surface area contributed by atoms with Crippen molar-refractivity contribution >= 4 is 10.8 Å². The molecule has 0 saturated carbocycles. The number of hydrogen-bond acceptors (Lipinski definition) is 0. The maximum Gasteiger partial charge on any atom is -0.0105 e. The molecule has 0 nitrogen and oxygen atoms in total. The van der Waals surface area contributed by atoms with Crippen LogP contribution in [-0.2, 0) is 6.42 Å². The van der Waals surface area contributed by atoms with Gasteiger partial charge in [-0.05, 0) is 39.9 Å². The Morgan fingerprint density at radius 3 is 2.56 bits per heavy atom. The maximum atomic E-state index is 2.27. The van der Waals surface area contributed by atoms with Crippen LogP contribution in [0.3, 0.4) is 0 Å². The standard InChI is InChI=1S/C16H14/c1-2-12-7-9-14-11-13-5-3-4-6-15(13)16(14)10-8-12/h3-11H,2H2,1H3. The van der Waals surface area contributed by atoms with E-state index in [4.69, 9.17) is 0 Å². The molecule has 3 rings (SSSR count). The summed E-state index contributed by atoms with van der Waals surface area (Å²) in [5, 5.41) is 2.69. The van der Waals surface area contributed by atoms with Crippen LogP contribution in [0.15, 0.2) is 54.6 Å². The first kappa shape index (κ1) is 9.41. The van der Waals surface area contributed by atoms with E-state index in [0.29, 0.717) is 0 Å². The molecule has 1 aromatic carbocycles. The molecule has 0 heterocycles. The third-order valence-electron chi connectivity index (χ3n) is 3.22. The van der Waals surface area contributed by atoms with Gasteiger partial charge in [0.25, 0.3) is 0 Å². The smallest absolute Gasteiger partial charge is 0.0105 e. The molecule has 0 amide bonds. The van der Waals surface area contributed by atoms with E-state index in [9.17, 15) is 0 Å². The quantitative estimate of drug-likeness (QED) is 0.549. The van der Waals surface area contributed by atoms with Gasteiger partial charge in [0.15, 0.2) is 0 Å². The largest absolute Gasteiger partial charge is 0.0616 e. The number of rotatable bonds is 1. The molecule has 2 aliphatic rings. The molecule has 0 saturated heterocycles. The van der Waals surface area contributed by atoms with Gasteiger partial charge in [-0.2, -0.15) is 0 Å². The SMILES string of the molecule is CCc1ccc2cc3ccccc3c-2cc1. The van der Waals surface area contributed by atoms with Crippen molar-refractivity contribution in [2.75, 3.05) is 0 Å². The average molecular weight is 206 g/mol. The molecule has 78 valence electrons. The molecule has 0 aliphatic heterocycles. The van der Waals surface area contributed by atoms with E-state index in [0.717, 1.165) is 6.42 Å². The van der Waals surface area contributed by atoms with Crippen molar-refractivity contribution in [3.8, 4) is 11.1 Å². The Balaban J connectivity index is 2.36. The fourth-order valence-electron chi connectivity index (χ4n) is 2.27. The van der Waals surface area contributed by atoms with E-state index in [1.807, 2.05) is 0 Å². The van der Waals surface area contributed by atoms with Gasteiger partial charge in [-0.3, -0.25) is 0 Å². The lowest BCUT2D eigenvalue weighted by molar-refractivity contribution is 1.15. The summed E-state index contributed by atoms with van der Waals surface area (Å²) in [7, 11) is 0. The summed E-state index contributed by atoms with van der Waals surface area (Å²) in [6.45, 7) is 2.19. The van der Waals surface area contributed by atoms with E-state index < -0.39 is 0 Å². The molecule has 0 heteroatoms. The first-order valence-corrected chi connectivity index (χ1v) is 5.79. The summed E-state index contributed by atoms with van der Waals surface area (Å²) in [4.78, 5) is 0. The Morgan fingerprint density at radius 1 is 0.875 bits per heavy atom. The number of aryl methyl sites for hydroxylation is 1. The lowest BCUT2D eigenvalue weighted by Gasteiger charge is -1.92. The highest BCUT2D eigenvalue weighted by atomic mass is 14.1. The van der Waals surface area contributed by atoms with E-state index >= 15 is 0 Å². The van der Waals surface area contributed by atoms with Crippen LogP contribution >= 0.6 is 0 Å². The zero-order valence-electron chi connectivity index (χ0n) is 9.40. The van der Waals surface area contributed by atoms with Crippen molar-refractivity contribution in [3.63, 3.8) is 0 Å². The molecule has 0 bridgehead atoms. The Hall–Kier alpha value is -1.82. The fourth-order valence-corrected chi connectivity index (χ4v) is 2.27. The van der Waals surface area contributed by atoms with Gasteiger partial charge in [-0.15, -0.1) is 0 Å². The number of benzene rings is 1. The lowest BCUT2D eigenvalue weighted by Crippen LogP contribution is -1.70. The van der Waals surface area contributed by atoms with Crippen LogP contribution in [0, 0.1) is 0 Å². The van der Waals surface area contributed by atoms with Gasteiger partial charge in [-0.25, -0.2) is 0 Å². The van der Waals surface area contributed by atoms with Crippen molar-refractivity contribution in [1.82, 2.24) is 0 Å². The Morgan fingerprint density at radius 2 is 1.69 bits per heavy atom. The van der Waals surface area contributed by atoms with Gasteiger partial charge in [0, 0.05) is 0 Å². The first-order chi connectivity index (χ1) is 7.88. The van der Waals surface area contributed by atoms with Gasteiger partial charge < -0.3 is 0 Å². The Kier molecular flexibility index (Phi) is 2.14. The highest BCUT2D eigenvalue weighted by molar-refractivity contribution is 6.02. The normalized spacial score (nSPS) is 11.1. The van der Waals surface area contributed by atoms with Crippen LogP contribution in [0.4, 0.5) is 0 Å². The van der Waals surface area contributed by atoms with Crippen LogP contribution in [0.1, 0.15) is 12.5 Å². The van der Waals surface area contributed by atoms with E-state index in [1.54, 1.807) is 0 Å². The maximum absolute atomic E-state index is 2.27. The topological polar surface area (TPSA) is 0 Å². The third kappa shape index (κ3) is 1.38. The summed E-state index contributed by atoms with van der Waals surface area (Å²) in [6.07, 6.45) is 1.09. The molecule has 0 radical (unpaired) electrons. The van der Waals surface area contributed by atoms with Gasteiger partial charge in [0.05, 0.1) is 0 Å². The summed E-state index contributed by atoms with van der Waals surface area (Å²) in [5.74, 6) is 0. The fraction of sp³-hybridized carbons (Fsp3) is 0.125. The molecular formula is C16H14. The minimum Gasteiger partial charge on any atom is -0.0616 e. The highest BCUT2D eigenvalue weighted by Gasteiger charge is 2.06. The predicted octanol–water partition coefficient (Wildman–Crippen LogP) is 4.51. The Labute approximate surface area is 95.9 Å². The minimum atomic E-state index is 1.09. The third-order valence-corrected chi connectivity index (χ3v) is 3.22. The molecular weight excluding hydrogens is 192 g/mol. The average Bonchev–Trinajstić information content (AvgIpc) is 2.55. The van der Waals surface area contributed by atoms with Crippen LogP contribution in [0.25, 0.3) is 21.9 Å². The molecule has 0 spiro atoms. The summed E-state index contributed by atoms with van der Waals surface area (Å²) in [5.41, 5.74) is 4.08. The Bertz CT molecular complexity index is 608. The van der Waals surface area contributed by atoms with E-state index in [-0.39, 0.29) is 0 Å². The van der Waals surface area contributed by atoms with Crippen molar-refractivity contribution in [2.45, 2.75) is 13.3 Å². The molecule has 0 unspecified atom stereocenters. The lowest BCUT2D eigenvalue weighted by atomic mass is 10.1. The first-order valence-electron chi connectivity index (χ1n) is 5.79. The second kappa shape index (κ2) is 3.64. The van der Waals surface area contributed by atoms with Gasteiger partial charge >= 0.3 is 0 Å². The van der Waals surface area contributed by atoms with E-state index in [1.165, 1.54) is 27.5 Å². The van der Waals surface area contributed by atoms with Gasteiger partial charge in [-0.1, -0.05) is 55.5 Å². The van der Waals surface area contributed by atoms with E-state index in [2.05, 4.69) is 61.5 Å². The van der Waals surface area contributed by atoms with Crippen molar-refractivity contribution < 1.29 is 0 Å². The zero-order chi connectivity index (χ0) is 11.0. The van der Waals surface area contributed by atoms with Crippen LogP contribution in [0.5, 0.6) is 0 Å².